The third-order valence-electron chi connectivity index (χ3n) is 1.50. The minimum atomic E-state index is 0.155. The average molecular weight is 166 g/mol. The van der Waals surface area contributed by atoms with Gasteiger partial charge < -0.3 is 5.11 Å². The lowest BCUT2D eigenvalue weighted by atomic mass is 10.2. The molecule has 3 N–H and O–H groups in total. The molecule has 0 saturated carbocycles. The number of rotatable bonds is 5. The lowest BCUT2D eigenvalue weighted by molar-refractivity contribution is 0.283. The van der Waals surface area contributed by atoms with Crippen molar-refractivity contribution in [3.63, 3.8) is 0 Å². The van der Waals surface area contributed by atoms with Gasteiger partial charge in [0.25, 0.3) is 0 Å². The Kier molecular flexibility index (Phi) is 4.37. The van der Waals surface area contributed by atoms with E-state index in [-0.39, 0.29) is 6.61 Å². The van der Waals surface area contributed by atoms with Crippen LogP contribution in [0.3, 0.4) is 0 Å². The van der Waals surface area contributed by atoms with Crippen LogP contribution in [0.15, 0.2) is 30.3 Å². The van der Waals surface area contributed by atoms with Crippen LogP contribution in [0.1, 0.15) is 5.56 Å². The number of hydrazine groups is 1. The summed E-state index contributed by atoms with van der Waals surface area (Å²) in [6, 6.07) is 10.1. The van der Waals surface area contributed by atoms with E-state index in [9.17, 15) is 0 Å². The number of aliphatic hydroxyl groups is 1. The van der Waals surface area contributed by atoms with Crippen molar-refractivity contribution in [2.75, 3.05) is 13.2 Å². The number of benzene rings is 1. The maximum atomic E-state index is 8.46. The quantitative estimate of drug-likeness (QED) is 0.434. The molecule has 0 saturated heterocycles. The first-order valence-electron chi connectivity index (χ1n) is 4.04. The Morgan fingerprint density at radius 2 is 1.83 bits per heavy atom. The Labute approximate surface area is 72.4 Å². The van der Waals surface area contributed by atoms with E-state index in [1.54, 1.807) is 0 Å². The van der Waals surface area contributed by atoms with Gasteiger partial charge in [0.2, 0.25) is 0 Å². The summed E-state index contributed by atoms with van der Waals surface area (Å²) in [7, 11) is 0. The van der Waals surface area contributed by atoms with Gasteiger partial charge in [-0.15, -0.1) is 0 Å². The summed E-state index contributed by atoms with van der Waals surface area (Å²) in [6.07, 6.45) is 0. The van der Waals surface area contributed by atoms with Crippen LogP contribution in [-0.4, -0.2) is 18.3 Å². The van der Waals surface area contributed by atoms with Gasteiger partial charge in [0.15, 0.2) is 0 Å². The van der Waals surface area contributed by atoms with Gasteiger partial charge in [0, 0.05) is 13.1 Å². The molecule has 3 heteroatoms. The molecule has 3 nitrogen and oxygen atoms in total. The fourth-order valence-corrected chi connectivity index (χ4v) is 0.905. The Bertz CT molecular complexity index is 201. The predicted molar refractivity (Wildman–Crippen MR) is 48.4 cm³/mol. The zero-order chi connectivity index (χ0) is 8.65. The van der Waals surface area contributed by atoms with Crippen LogP contribution in [0, 0.1) is 0 Å². The van der Waals surface area contributed by atoms with Gasteiger partial charge in [-0.25, -0.2) is 0 Å². The second kappa shape index (κ2) is 5.71. The van der Waals surface area contributed by atoms with Crippen molar-refractivity contribution in [1.82, 2.24) is 10.9 Å². The second-order valence-electron chi connectivity index (χ2n) is 2.49. The van der Waals surface area contributed by atoms with Crippen molar-refractivity contribution in [2.45, 2.75) is 6.54 Å². The molecule has 0 aliphatic carbocycles. The monoisotopic (exact) mass is 166 g/mol. The molecule has 0 heterocycles. The summed E-state index contributed by atoms with van der Waals surface area (Å²) in [5, 5.41) is 8.46. The van der Waals surface area contributed by atoms with Crippen molar-refractivity contribution in [2.24, 2.45) is 0 Å². The first-order valence-corrected chi connectivity index (χ1v) is 4.04. The van der Waals surface area contributed by atoms with Crippen LogP contribution in [-0.2, 0) is 6.54 Å². The van der Waals surface area contributed by atoms with Gasteiger partial charge >= 0.3 is 0 Å². The molecule has 0 amide bonds. The lowest BCUT2D eigenvalue weighted by Gasteiger charge is -2.04. The fraction of sp³-hybridized carbons (Fsp3) is 0.333. The number of hydrogen-bond donors (Lipinski definition) is 3. The molecule has 0 bridgehead atoms. The Morgan fingerprint density at radius 3 is 2.50 bits per heavy atom. The second-order valence-corrected chi connectivity index (χ2v) is 2.49. The molecule has 0 unspecified atom stereocenters. The van der Waals surface area contributed by atoms with E-state index < -0.39 is 0 Å². The van der Waals surface area contributed by atoms with E-state index in [2.05, 4.69) is 10.9 Å². The van der Waals surface area contributed by atoms with Crippen LogP contribution in [0.25, 0.3) is 0 Å². The molecule has 0 radical (unpaired) electrons. The SMILES string of the molecule is OCCNNCc1ccccc1. The normalized spacial score (nSPS) is 10.1. The first kappa shape index (κ1) is 9.19. The molecule has 12 heavy (non-hydrogen) atoms. The van der Waals surface area contributed by atoms with E-state index >= 15 is 0 Å². The van der Waals surface area contributed by atoms with Crippen LogP contribution < -0.4 is 10.9 Å². The number of aliphatic hydroxyl groups excluding tert-OH is 1. The zero-order valence-electron chi connectivity index (χ0n) is 6.96. The van der Waals surface area contributed by atoms with Gasteiger partial charge in [0.05, 0.1) is 6.61 Å². The molecule has 0 aliphatic rings. The standard InChI is InChI=1S/C9H14N2O/c12-7-6-10-11-8-9-4-2-1-3-5-9/h1-5,10-12H,6-8H2. The zero-order valence-corrected chi connectivity index (χ0v) is 6.96. The minimum absolute atomic E-state index is 0.155. The van der Waals surface area contributed by atoms with E-state index in [1.807, 2.05) is 30.3 Å². The van der Waals surface area contributed by atoms with Crippen LogP contribution >= 0.6 is 0 Å². The summed E-state index contributed by atoms with van der Waals surface area (Å²) < 4.78 is 0. The molecular formula is C9H14N2O. The molecule has 66 valence electrons. The molecule has 0 fully saturated rings. The fourth-order valence-electron chi connectivity index (χ4n) is 0.905. The van der Waals surface area contributed by atoms with Crippen LogP contribution in [0.5, 0.6) is 0 Å². The summed E-state index contributed by atoms with van der Waals surface area (Å²) in [5.74, 6) is 0. The summed E-state index contributed by atoms with van der Waals surface area (Å²) in [4.78, 5) is 0. The maximum Gasteiger partial charge on any atom is 0.0569 e. The highest BCUT2D eigenvalue weighted by Gasteiger charge is 1.88. The Balaban J connectivity index is 2.16. The molecule has 0 spiro atoms. The van der Waals surface area contributed by atoms with Gasteiger partial charge in [0.1, 0.15) is 0 Å². The van der Waals surface area contributed by atoms with Crippen molar-refractivity contribution in [3.8, 4) is 0 Å². The van der Waals surface area contributed by atoms with Crippen molar-refractivity contribution < 1.29 is 5.11 Å². The molecule has 0 aromatic heterocycles. The largest absolute Gasteiger partial charge is 0.395 e. The van der Waals surface area contributed by atoms with E-state index in [0.29, 0.717) is 6.54 Å². The Hall–Kier alpha value is -0.900. The third kappa shape index (κ3) is 3.48. The summed E-state index contributed by atoms with van der Waals surface area (Å²) in [5.41, 5.74) is 7.10. The van der Waals surface area contributed by atoms with Gasteiger partial charge in [-0.05, 0) is 5.56 Å². The van der Waals surface area contributed by atoms with Crippen molar-refractivity contribution in [3.05, 3.63) is 35.9 Å². The summed E-state index contributed by atoms with van der Waals surface area (Å²) >= 11 is 0. The van der Waals surface area contributed by atoms with Crippen molar-refractivity contribution >= 4 is 0 Å². The smallest absolute Gasteiger partial charge is 0.0569 e. The molecule has 0 aliphatic heterocycles. The molecule has 1 aromatic rings. The van der Waals surface area contributed by atoms with Gasteiger partial charge in [-0.3, -0.25) is 10.9 Å². The molecule has 1 rings (SSSR count). The Morgan fingerprint density at radius 1 is 1.08 bits per heavy atom. The topological polar surface area (TPSA) is 44.3 Å². The minimum Gasteiger partial charge on any atom is -0.395 e. The molecule has 0 atom stereocenters. The van der Waals surface area contributed by atoms with Crippen molar-refractivity contribution in [1.29, 1.82) is 0 Å². The maximum absolute atomic E-state index is 8.46. The van der Waals surface area contributed by atoms with E-state index in [1.165, 1.54) is 5.56 Å². The predicted octanol–water partition coefficient (Wildman–Crippen LogP) is 0.273. The van der Waals surface area contributed by atoms with Gasteiger partial charge in [-0.1, -0.05) is 30.3 Å². The van der Waals surface area contributed by atoms with E-state index in [0.717, 1.165) is 6.54 Å². The van der Waals surface area contributed by atoms with Crippen LogP contribution in [0.4, 0.5) is 0 Å². The highest BCUT2D eigenvalue weighted by molar-refractivity contribution is 5.13. The number of hydrogen-bond acceptors (Lipinski definition) is 3. The lowest BCUT2D eigenvalue weighted by Crippen LogP contribution is -2.33. The number of nitrogens with one attached hydrogen (secondary N) is 2. The molecule has 1 aromatic carbocycles. The van der Waals surface area contributed by atoms with Crippen LogP contribution in [0.2, 0.25) is 0 Å². The first-order chi connectivity index (χ1) is 5.93. The van der Waals surface area contributed by atoms with E-state index in [4.69, 9.17) is 5.11 Å². The highest BCUT2D eigenvalue weighted by Crippen LogP contribution is 1.95. The third-order valence-corrected chi connectivity index (χ3v) is 1.50. The highest BCUT2D eigenvalue weighted by atomic mass is 16.3. The average Bonchev–Trinajstić information content (AvgIpc) is 2.14. The van der Waals surface area contributed by atoms with Gasteiger partial charge in [-0.2, -0.15) is 0 Å². The summed E-state index contributed by atoms with van der Waals surface area (Å²) in [6.45, 7) is 1.51. The molecular weight excluding hydrogens is 152 g/mol.